The van der Waals surface area contributed by atoms with E-state index in [2.05, 4.69) is 10.4 Å². The molecule has 0 spiro atoms. The lowest BCUT2D eigenvalue weighted by atomic mass is 10.0. The number of rotatable bonds is 4. The zero-order chi connectivity index (χ0) is 17.7. The van der Waals surface area contributed by atoms with E-state index < -0.39 is 5.97 Å². The second kappa shape index (κ2) is 5.75. The van der Waals surface area contributed by atoms with Crippen LogP contribution in [-0.4, -0.2) is 38.8 Å². The fourth-order valence-corrected chi connectivity index (χ4v) is 3.40. The summed E-state index contributed by atoms with van der Waals surface area (Å²) in [5, 5.41) is 18.5. The number of esters is 1. The molecule has 0 radical (unpaired) electrons. The zero-order valence-electron chi connectivity index (χ0n) is 14.7. The van der Waals surface area contributed by atoms with Crippen LogP contribution in [0.2, 0.25) is 0 Å². The van der Waals surface area contributed by atoms with Crippen molar-refractivity contribution in [1.29, 1.82) is 0 Å². The number of aromatic nitrogens is 3. The van der Waals surface area contributed by atoms with Gasteiger partial charge in [-0.1, -0.05) is 0 Å². The Hall–Kier alpha value is -2.57. The highest BCUT2D eigenvalue weighted by Crippen LogP contribution is 2.37. The van der Waals surface area contributed by atoms with Gasteiger partial charge in [-0.2, -0.15) is 9.61 Å². The van der Waals surface area contributed by atoms with Gasteiger partial charge >= 0.3 is 5.97 Å². The number of nitrogens with one attached hydrogen (secondary N) is 1. The summed E-state index contributed by atoms with van der Waals surface area (Å²) in [6, 6.07) is 0. The van der Waals surface area contributed by atoms with Crippen LogP contribution in [0.25, 0.3) is 11.4 Å². The number of carbonyl (C=O) groups excluding carboxylic acids is 1. The van der Waals surface area contributed by atoms with E-state index in [4.69, 9.17) is 9.72 Å². The Bertz CT molecular complexity index is 909. The van der Waals surface area contributed by atoms with Gasteiger partial charge in [0, 0.05) is 5.56 Å². The molecule has 7 nitrogen and oxygen atoms in total. The number of anilines is 1. The van der Waals surface area contributed by atoms with Crippen molar-refractivity contribution >= 4 is 23.2 Å². The predicted molar refractivity (Wildman–Crippen MR) is 93.6 cm³/mol. The molecule has 0 atom stereocenters. The lowest BCUT2D eigenvalue weighted by molar-refractivity contribution is -0.138. The average molecular weight is 342 g/mol. The molecule has 0 aromatic carbocycles. The van der Waals surface area contributed by atoms with Crippen molar-refractivity contribution in [3.8, 4) is 0 Å². The molecule has 2 aliphatic rings. The van der Waals surface area contributed by atoms with Gasteiger partial charge in [0.15, 0.2) is 5.65 Å². The van der Waals surface area contributed by atoms with E-state index in [1.54, 1.807) is 11.4 Å². The Morgan fingerprint density at radius 2 is 2.12 bits per heavy atom. The lowest BCUT2D eigenvalue weighted by Crippen LogP contribution is -2.24. The third-order valence-electron chi connectivity index (χ3n) is 4.91. The maximum absolute atomic E-state index is 12.1. The van der Waals surface area contributed by atoms with Crippen molar-refractivity contribution in [2.45, 2.75) is 40.0 Å². The molecule has 2 aromatic rings. The molecule has 0 unspecified atom stereocenters. The maximum atomic E-state index is 12.1. The minimum atomic E-state index is -0.510. The SMILES string of the molecule is CCOC(=O)C1=C(O)c2c(C)nc3c(CC4CC4)c(C)nn3c2NC1. The molecule has 0 bridgehead atoms. The highest BCUT2D eigenvalue weighted by molar-refractivity contribution is 6.00. The number of aliphatic hydroxyl groups is 1. The lowest BCUT2D eigenvalue weighted by Gasteiger charge is -2.22. The van der Waals surface area contributed by atoms with Crippen LogP contribution in [0.3, 0.4) is 0 Å². The van der Waals surface area contributed by atoms with Crippen LogP contribution in [0.5, 0.6) is 0 Å². The Morgan fingerprint density at radius 3 is 2.80 bits per heavy atom. The minimum absolute atomic E-state index is 0.0732. The number of fused-ring (bicyclic) bond motifs is 3. The minimum Gasteiger partial charge on any atom is -0.506 e. The first-order valence-corrected chi connectivity index (χ1v) is 8.73. The molecule has 1 aliphatic heterocycles. The Morgan fingerprint density at radius 1 is 1.36 bits per heavy atom. The summed E-state index contributed by atoms with van der Waals surface area (Å²) in [6.07, 6.45) is 3.53. The van der Waals surface area contributed by atoms with Gasteiger partial charge in [0.2, 0.25) is 0 Å². The fraction of sp³-hybridized carbons (Fsp3) is 0.500. The molecule has 4 rings (SSSR count). The number of aliphatic hydroxyl groups excluding tert-OH is 1. The van der Waals surface area contributed by atoms with Crippen LogP contribution in [0.15, 0.2) is 5.57 Å². The van der Waals surface area contributed by atoms with Crippen molar-refractivity contribution < 1.29 is 14.6 Å². The van der Waals surface area contributed by atoms with Gasteiger partial charge in [-0.15, -0.1) is 0 Å². The highest BCUT2D eigenvalue weighted by atomic mass is 16.5. The van der Waals surface area contributed by atoms with E-state index in [0.29, 0.717) is 17.1 Å². The van der Waals surface area contributed by atoms with Crippen molar-refractivity contribution in [2.75, 3.05) is 18.5 Å². The Kier molecular flexibility index (Phi) is 3.67. The fourth-order valence-electron chi connectivity index (χ4n) is 3.40. The Labute approximate surface area is 145 Å². The predicted octanol–water partition coefficient (Wildman–Crippen LogP) is 2.56. The Balaban J connectivity index is 1.87. The molecule has 2 aromatic heterocycles. The van der Waals surface area contributed by atoms with Crippen LogP contribution in [0.1, 0.15) is 42.3 Å². The second-order valence-electron chi connectivity index (χ2n) is 6.77. The summed E-state index contributed by atoms with van der Waals surface area (Å²) in [5.41, 5.74) is 4.39. The largest absolute Gasteiger partial charge is 0.506 e. The van der Waals surface area contributed by atoms with Crippen LogP contribution < -0.4 is 5.32 Å². The molecule has 0 saturated heterocycles. The van der Waals surface area contributed by atoms with E-state index in [1.165, 1.54) is 18.4 Å². The van der Waals surface area contributed by atoms with Crippen molar-refractivity contribution in [2.24, 2.45) is 5.92 Å². The molecule has 25 heavy (non-hydrogen) atoms. The molecule has 1 aliphatic carbocycles. The topological polar surface area (TPSA) is 88.8 Å². The third-order valence-corrected chi connectivity index (χ3v) is 4.91. The van der Waals surface area contributed by atoms with Gasteiger partial charge in [-0.3, -0.25) is 0 Å². The summed E-state index contributed by atoms with van der Waals surface area (Å²) in [5.74, 6) is 0.833. The quantitative estimate of drug-likeness (QED) is 0.830. The number of ether oxygens (including phenoxy) is 1. The van der Waals surface area contributed by atoms with Crippen molar-refractivity contribution in [1.82, 2.24) is 14.6 Å². The summed E-state index contributed by atoms with van der Waals surface area (Å²) < 4.78 is 6.79. The molecule has 1 fully saturated rings. The van der Waals surface area contributed by atoms with Crippen LogP contribution in [0, 0.1) is 19.8 Å². The van der Waals surface area contributed by atoms with E-state index in [-0.39, 0.29) is 24.5 Å². The average Bonchev–Trinajstić information content (AvgIpc) is 3.33. The number of aryl methyl sites for hydroxylation is 2. The highest BCUT2D eigenvalue weighted by Gasteiger charge is 2.31. The molecular weight excluding hydrogens is 320 g/mol. The molecule has 2 N–H and O–H groups in total. The number of carbonyl (C=O) groups is 1. The van der Waals surface area contributed by atoms with E-state index in [1.807, 2.05) is 13.8 Å². The van der Waals surface area contributed by atoms with Gasteiger partial charge < -0.3 is 15.2 Å². The first-order chi connectivity index (χ1) is 12.0. The number of nitrogens with zero attached hydrogens (tertiary/aromatic N) is 3. The van der Waals surface area contributed by atoms with Gasteiger partial charge in [-0.05, 0) is 46.0 Å². The van der Waals surface area contributed by atoms with Crippen LogP contribution in [-0.2, 0) is 16.0 Å². The van der Waals surface area contributed by atoms with E-state index in [9.17, 15) is 9.90 Å². The number of hydrogen-bond acceptors (Lipinski definition) is 6. The molecule has 132 valence electrons. The van der Waals surface area contributed by atoms with Gasteiger partial charge in [0.05, 0.1) is 35.7 Å². The summed E-state index contributed by atoms with van der Waals surface area (Å²) >= 11 is 0. The van der Waals surface area contributed by atoms with Crippen molar-refractivity contribution in [3.63, 3.8) is 0 Å². The third kappa shape index (κ3) is 2.54. The molecule has 3 heterocycles. The monoisotopic (exact) mass is 342 g/mol. The van der Waals surface area contributed by atoms with Crippen molar-refractivity contribution in [3.05, 3.63) is 28.1 Å². The van der Waals surface area contributed by atoms with Gasteiger partial charge in [0.1, 0.15) is 11.6 Å². The maximum Gasteiger partial charge on any atom is 0.339 e. The molecule has 1 saturated carbocycles. The van der Waals surface area contributed by atoms with Gasteiger partial charge in [-0.25, -0.2) is 9.78 Å². The van der Waals surface area contributed by atoms with E-state index in [0.717, 1.165) is 23.7 Å². The summed E-state index contributed by atoms with van der Waals surface area (Å²) in [6.45, 7) is 6.05. The van der Waals surface area contributed by atoms with Crippen LogP contribution >= 0.6 is 0 Å². The first kappa shape index (κ1) is 15.9. The second-order valence-corrected chi connectivity index (χ2v) is 6.77. The number of hydrogen-bond donors (Lipinski definition) is 2. The smallest absolute Gasteiger partial charge is 0.339 e. The zero-order valence-corrected chi connectivity index (χ0v) is 14.7. The molecule has 0 amide bonds. The van der Waals surface area contributed by atoms with Gasteiger partial charge in [0.25, 0.3) is 0 Å². The normalized spacial score (nSPS) is 16.8. The molecular formula is C18H22N4O3. The first-order valence-electron chi connectivity index (χ1n) is 8.73. The summed E-state index contributed by atoms with van der Waals surface area (Å²) in [4.78, 5) is 16.8. The molecule has 7 heteroatoms. The van der Waals surface area contributed by atoms with E-state index >= 15 is 0 Å². The summed E-state index contributed by atoms with van der Waals surface area (Å²) in [7, 11) is 0. The standard InChI is InChI=1S/C18H22N4O3/c1-4-25-18(24)13-8-19-17-14(15(13)23)10(3)20-16-12(7-11-5-6-11)9(2)21-22(16)17/h11,19,23H,4-8H2,1-3H3. The van der Waals surface area contributed by atoms with Crippen LogP contribution in [0.4, 0.5) is 5.82 Å².